The Hall–Kier alpha value is -3.22. The number of nitrogens with two attached hydrogens (primary N) is 1. The van der Waals surface area contributed by atoms with E-state index in [2.05, 4.69) is 23.7 Å². The number of carbonyl (C=O) groups is 1. The van der Waals surface area contributed by atoms with Gasteiger partial charge in [-0.2, -0.15) is 0 Å². The standard InChI is InChI=1S/C27H34FN3O3/c1-4-17(2)18(3)34-27(32)30-20-10-8-19(9-11-20)26-25(29)23-13-12-22(33-15-14-28)16-24(23)31(26)21-6-5-7-21/h8-13,16-18,21H,4-7,14-15,29H2,1-3H3,(H,30,32)/t17?,18-/m1/s1. The second-order valence-electron chi connectivity index (χ2n) is 9.13. The Morgan fingerprint density at radius 2 is 1.94 bits per heavy atom. The molecule has 1 aliphatic carbocycles. The lowest BCUT2D eigenvalue weighted by atomic mass is 9.92. The summed E-state index contributed by atoms with van der Waals surface area (Å²) >= 11 is 0. The summed E-state index contributed by atoms with van der Waals surface area (Å²) in [6, 6.07) is 13.8. The maximum Gasteiger partial charge on any atom is 0.411 e. The van der Waals surface area contributed by atoms with Crippen LogP contribution in [0.5, 0.6) is 5.75 Å². The number of halogens is 1. The summed E-state index contributed by atoms with van der Waals surface area (Å²) in [4.78, 5) is 12.3. The van der Waals surface area contributed by atoms with Crippen LogP contribution in [-0.4, -0.2) is 30.0 Å². The summed E-state index contributed by atoms with van der Waals surface area (Å²) in [5.74, 6) is 0.937. The molecular formula is C27H34FN3O3. The maximum absolute atomic E-state index is 12.6. The topological polar surface area (TPSA) is 78.5 Å². The smallest absolute Gasteiger partial charge is 0.411 e. The van der Waals surface area contributed by atoms with Crippen LogP contribution in [0.2, 0.25) is 0 Å². The summed E-state index contributed by atoms with van der Waals surface area (Å²) in [5, 5.41) is 3.77. The third-order valence-corrected chi connectivity index (χ3v) is 6.94. The summed E-state index contributed by atoms with van der Waals surface area (Å²) < 4.78 is 25.9. The number of hydrogen-bond acceptors (Lipinski definition) is 4. The minimum absolute atomic E-state index is 0.0328. The predicted octanol–water partition coefficient (Wildman–Crippen LogP) is 6.95. The van der Waals surface area contributed by atoms with Gasteiger partial charge >= 0.3 is 6.09 Å². The fraction of sp³-hybridized carbons (Fsp3) is 0.444. The molecule has 2 atom stereocenters. The molecule has 7 heteroatoms. The van der Waals surface area contributed by atoms with E-state index in [0.717, 1.165) is 41.4 Å². The number of benzene rings is 2. The van der Waals surface area contributed by atoms with Crippen molar-refractivity contribution in [1.29, 1.82) is 0 Å². The number of nitrogens with zero attached hydrogens (tertiary/aromatic N) is 1. The minimum atomic E-state index is -0.528. The van der Waals surface area contributed by atoms with Gasteiger partial charge in [-0.3, -0.25) is 5.32 Å². The highest BCUT2D eigenvalue weighted by Crippen LogP contribution is 2.44. The lowest BCUT2D eigenvalue weighted by molar-refractivity contribution is 0.0877. The molecule has 3 N–H and O–H groups in total. The van der Waals surface area contributed by atoms with E-state index >= 15 is 0 Å². The number of rotatable bonds is 9. The molecule has 0 bridgehead atoms. The van der Waals surface area contributed by atoms with Crippen molar-refractivity contribution in [2.75, 3.05) is 24.3 Å². The van der Waals surface area contributed by atoms with Crippen molar-refractivity contribution in [3.8, 4) is 17.0 Å². The van der Waals surface area contributed by atoms with E-state index in [0.29, 0.717) is 29.1 Å². The fourth-order valence-electron chi connectivity index (χ4n) is 4.36. The number of hydrogen-bond donors (Lipinski definition) is 2. The molecule has 0 radical (unpaired) electrons. The molecule has 4 rings (SSSR count). The number of nitrogens with one attached hydrogen (secondary N) is 1. The highest BCUT2D eigenvalue weighted by Gasteiger charge is 2.27. The first kappa shape index (κ1) is 23.9. The number of aromatic nitrogens is 1. The molecular weight excluding hydrogens is 433 g/mol. The third-order valence-electron chi connectivity index (χ3n) is 6.94. The molecule has 0 spiro atoms. The zero-order valence-electron chi connectivity index (χ0n) is 20.1. The Labute approximate surface area is 200 Å². The van der Waals surface area contributed by atoms with Gasteiger partial charge in [0.2, 0.25) is 0 Å². The van der Waals surface area contributed by atoms with Crippen LogP contribution in [0, 0.1) is 5.92 Å². The third kappa shape index (κ3) is 4.83. The van der Waals surface area contributed by atoms with Gasteiger partial charge in [0.25, 0.3) is 0 Å². The molecule has 2 aromatic carbocycles. The van der Waals surface area contributed by atoms with Gasteiger partial charge in [0.05, 0.1) is 16.9 Å². The fourth-order valence-corrected chi connectivity index (χ4v) is 4.36. The molecule has 1 fully saturated rings. The number of anilines is 2. The van der Waals surface area contributed by atoms with Gasteiger partial charge in [-0.1, -0.05) is 32.4 Å². The van der Waals surface area contributed by atoms with E-state index in [1.54, 1.807) is 0 Å². The predicted molar refractivity (Wildman–Crippen MR) is 135 cm³/mol. The Balaban J connectivity index is 1.61. The van der Waals surface area contributed by atoms with Crippen LogP contribution in [0.4, 0.5) is 20.6 Å². The van der Waals surface area contributed by atoms with Crippen LogP contribution >= 0.6 is 0 Å². The van der Waals surface area contributed by atoms with E-state index in [-0.39, 0.29) is 12.7 Å². The molecule has 1 aliphatic rings. The zero-order chi connectivity index (χ0) is 24.2. The normalized spacial score (nSPS) is 15.5. The SMILES string of the molecule is CCC(C)[C@@H](C)OC(=O)Nc1ccc(-c2c(N)c3ccc(OCCF)cc3n2C2CCC2)cc1. The first-order chi connectivity index (χ1) is 16.4. The minimum Gasteiger partial charge on any atom is -0.491 e. The molecule has 1 saturated carbocycles. The molecule has 6 nitrogen and oxygen atoms in total. The Morgan fingerprint density at radius 3 is 2.56 bits per heavy atom. The second-order valence-corrected chi connectivity index (χ2v) is 9.13. The van der Waals surface area contributed by atoms with E-state index in [9.17, 15) is 9.18 Å². The van der Waals surface area contributed by atoms with Gasteiger partial charge in [0.1, 0.15) is 25.1 Å². The van der Waals surface area contributed by atoms with Crippen LogP contribution in [-0.2, 0) is 4.74 Å². The molecule has 34 heavy (non-hydrogen) atoms. The monoisotopic (exact) mass is 467 g/mol. The molecule has 0 saturated heterocycles. The molecule has 1 amide bonds. The first-order valence-electron chi connectivity index (χ1n) is 12.1. The van der Waals surface area contributed by atoms with Gasteiger partial charge in [-0.25, -0.2) is 9.18 Å². The number of alkyl halides is 1. The number of nitrogen functional groups attached to an aromatic ring is 1. The molecule has 0 aliphatic heterocycles. The van der Waals surface area contributed by atoms with Crippen LogP contribution in [0.25, 0.3) is 22.2 Å². The van der Waals surface area contributed by atoms with Crippen LogP contribution in [0.15, 0.2) is 42.5 Å². The Morgan fingerprint density at radius 1 is 1.21 bits per heavy atom. The van der Waals surface area contributed by atoms with Crippen molar-refractivity contribution in [1.82, 2.24) is 4.57 Å². The summed E-state index contributed by atoms with van der Waals surface area (Å²) in [6.45, 7) is 5.56. The molecule has 1 aromatic heterocycles. The van der Waals surface area contributed by atoms with Crippen molar-refractivity contribution in [2.24, 2.45) is 5.92 Å². The maximum atomic E-state index is 12.6. The average molecular weight is 468 g/mol. The van der Waals surface area contributed by atoms with Gasteiger partial charge in [0.15, 0.2) is 0 Å². The molecule has 182 valence electrons. The van der Waals surface area contributed by atoms with Crippen molar-refractivity contribution in [2.45, 2.75) is 58.6 Å². The van der Waals surface area contributed by atoms with Gasteiger partial charge in [0, 0.05) is 28.7 Å². The average Bonchev–Trinajstić information content (AvgIpc) is 3.08. The summed E-state index contributed by atoms with van der Waals surface area (Å²) in [7, 11) is 0. The summed E-state index contributed by atoms with van der Waals surface area (Å²) in [5.41, 5.74) is 10.9. The molecule has 1 heterocycles. The first-order valence-corrected chi connectivity index (χ1v) is 12.1. The van der Waals surface area contributed by atoms with Gasteiger partial charge in [-0.05, 0) is 56.4 Å². The van der Waals surface area contributed by atoms with Gasteiger partial charge in [-0.15, -0.1) is 0 Å². The molecule has 3 aromatic rings. The van der Waals surface area contributed by atoms with Crippen LogP contribution < -0.4 is 15.8 Å². The lowest BCUT2D eigenvalue weighted by Gasteiger charge is -2.30. The Bertz CT molecular complexity index is 1140. The van der Waals surface area contributed by atoms with Gasteiger partial charge < -0.3 is 19.8 Å². The van der Waals surface area contributed by atoms with E-state index in [4.69, 9.17) is 15.2 Å². The number of fused-ring (bicyclic) bond motifs is 1. The highest BCUT2D eigenvalue weighted by atomic mass is 19.1. The zero-order valence-corrected chi connectivity index (χ0v) is 20.1. The quantitative estimate of drug-likeness (QED) is 0.357. The van der Waals surface area contributed by atoms with E-state index < -0.39 is 12.8 Å². The number of amides is 1. The Kier molecular flexibility index (Phi) is 7.29. The lowest BCUT2D eigenvalue weighted by Crippen LogP contribution is -2.25. The van der Waals surface area contributed by atoms with E-state index in [1.165, 1.54) is 6.42 Å². The molecule has 1 unspecified atom stereocenters. The van der Waals surface area contributed by atoms with Crippen LogP contribution in [0.3, 0.4) is 0 Å². The highest BCUT2D eigenvalue weighted by molar-refractivity contribution is 6.01. The number of ether oxygens (including phenoxy) is 2. The number of carbonyl (C=O) groups excluding carboxylic acids is 1. The van der Waals surface area contributed by atoms with Crippen molar-refractivity contribution < 1.29 is 18.7 Å². The summed E-state index contributed by atoms with van der Waals surface area (Å²) in [6.07, 6.45) is 3.70. The second kappa shape index (κ2) is 10.4. The van der Waals surface area contributed by atoms with Crippen molar-refractivity contribution in [3.05, 3.63) is 42.5 Å². The van der Waals surface area contributed by atoms with Crippen molar-refractivity contribution >= 4 is 28.4 Å². The van der Waals surface area contributed by atoms with E-state index in [1.807, 2.05) is 49.4 Å². The van der Waals surface area contributed by atoms with Crippen LogP contribution in [0.1, 0.15) is 52.5 Å². The largest absolute Gasteiger partial charge is 0.491 e. The van der Waals surface area contributed by atoms with Crippen molar-refractivity contribution in [3.63, 3.8) is 0 Å².